The summed E-state index contributed by atoms with van der Waals surface area (Å²) >= 11 is 3.79. The first-order chi connectivity index (χ1) is 9.79. The van der Waals surface area contributed by atoms with Crippen molar-refractivity contribution in [3.8, 4) is 0 Å². The van der Waals surface area contributed by atoms with Crippen molar-refractivity contribution in [3.63, 3.8) is 0 Å². The van der Waals surface area contributed by atoms with E-state index in [-0.39, 0.29) is 11.9 Å². The molecule has 3 rings (SSSR count). The van der Waals surface area contributed by atoms with E-state index in [9.17, 15) is 4.79 Å². The Morgan fingerprint density at radius 2 is 2.35 bits per heavy atom. The maximum Gasteiger partial charge on any atom is 0.315 e. The van der Waals surface area contributed by atoms with Crippen LogP contribution in [0.5, 0.6) is 0 Å². The largest absolute Gasteiger partial charge is 0.465 e. The molecule has 1 aromatic heterocycles. The van der Waals surface area contributed by atoms with Crippen molar-refractivity contribution in [2.75, 3.05) is 36.1 Å². The molecule has 0 aromatic carbocycles. The number of esters is 1. The summed E-state index contributed by atoms with van der Waals surface area (Å²) in [6, 6.07) is 0. The Morgan fingerprint density at radius 1 is 1.45 bits per heavy atom. The highest BCUT2D eigenvalue weighted by atomic mass is 32.2. The molecule has 110 valence electrons. The summed E-state index contributed by atoms with van der Waals surface area (Å²) in [5, 5.41) is 1.10. The molecular weight excluding hydrogens is 292 g/mol. The van der Waals surface area contributed by atoms with Gasteiger partial charge in [-0.05, 0) is 31.9 Å². The Labute approximate surface area is 127 Å². The van der Waals surface area contributed by atoms with Gasteiger partial charge in [-0.25, -0.2) is 4.98 Å². The van der Waals surface area contributed by atoms with Crippen LogP contribution in [0.2, 0.25) is 0 Å². The average Bonchev–Trinajstić information content (AvgIpc) is 2.89. The number of hydrogen-bond donors (Lipinski definition) is 0. The average molecular weight is 312 g/mol. The van der Waals surface area contributed by atoms with E-state index < -0.39 is 0 Å². The first kappa shape index (κ1) is 14.2. The third kappa shape index (κ3) is 2.81. The van der Waals surface area contributed by atoms with Gasteiger partial charge in [-0.1, -0.05) is 0 Å². The molecule has 4 nitrogen and oxygen atoms in total. The van der Waals surface area contributed by atoms with Gasteiger partial charge in [0, 0.05) is 23.7 Å². The van der Waals surface area contributed by atoms with Crippen LogP contribution < -0.4 is 4.90 Å². The maximum absolute atomic E-state index is 12.0. The lowest BCUT2D eigenvalue weighted by molar-refractivity contribution is -0.145. The number of carbonyl (C=O) groups excluding carboxylic acids is 1. The lowest BCUT2D eigenvalue weighted by Crippen LogP contribution is -2.25. The van der Waals surface area contributed by atoms with Crippen LogP contribution >= 0.6 is 23.1 Å². The van der Waals surface area contributed by atoms with Gasteiger partial charge in [-0.3, -0.25) is 4.79 Å². The number of anilines is 1. The second-order valence-electron chi connectivity index (χ2n) is 5.10. The molecule has 1 saturated heterocycles. The fourth-order valence-corrected chi connectivity index (χ4v) is 4.83. The lowest BCUT2D eigenvalue weighted by Gasteiger charge is -2.18. The fraction of sp³-hybridized carbons (Fsp3) is 0.714. The van der Waals surface area contributed by atoms with Gasteiger partial charge in [0.2, 0.25) is 0 Å². The Morgan fingerprint density at radius 3 is 3.20 bits per heavy atom. The molecule has 20 heavy (non-hydrogen) atoms. The third-order valence-electron chi connectivity index (χ3n) is 3.77. The number of thiazole rings is 1. The molecule has 0 spiro atoms. The smallest absolute Gasteiger partial charge is 0.315 e. The van der Waals surface area contributed by atoms with Gasteiger partial charge in [0.05, 0.1) is 12.3 Å². The minimum atomic E-state index is -0.128. The van der Waals surface area contributed by atoms with Crippen molar-refractivity contribution in [2.24, 2.45) is 0 Å². The van der Waals surface area contributed by atoms with E-state index in [1.807, 2.05) is 18.7 Å². The summed E-state index contributed by atoms with van der Waals surface area (Å²) in [6.07, 6.45) is 3.05. The van der Waals surface area contributed by atoms with Crippen molar-refractivity contribution in [3.05, 3.63) is 10.6 Å². The minimum Gasteiger partial charge on any atom is -0.465 e. The summed E-state index contributed by atoms with van der Waals surface area (Å²) in [5.74, 6) is 2.18. The zero-order valence-electron chi connectivity index (χ0n) is 11.8. The number of fused-ring (bicyclic) bond motifs is 1. The molecular formula is C14H20N2O2S2. The molecule has 1 fully saturated rings. The molecule has 0 radical (unpaired) electrons. The SMILES string of the molecule is CCOC(=O)C1CCc2sc(N3CCCSCC3)nc21. The van der Waals surface area contributed by atoms with E-state index in [0.29, 0.717) is 6.61 Å². The molecule has 0 saturated carbocycles. The summed E-state index contributed by atoms with van der Waals surface area (Å²) < 4.78 is 5.17. The van der Waals surface area contributed by atoms with Crippen LogP contribution in [-0.2, 0) is 16.0 Å². The van der Waals surface area contributed by atoms with Crippen molar-refractivity contribution in [2.45, 2.75) is 32.1 Å². The predicted octanol–water partition coefficient (Wildman–Crippen LogP) is 2.68. The number of thioether (sulfide) groups is 1. The normalized spacial score (nSPS) is 22.4. The quantitative estimate of drug-likeness (QED) is 0.803. The second-order valence-corrected chi connectivity index (χ2v) is 7.39. The molecule has 0 N–H and O–H groups in total. The highest BCUT2D eigenvalue weighted by Gasteiger charge is 2.34. The number of hydrogen-bond acceptors (Lipinski definition) is 6. The Bertz CT molecular complexity index is 482. The Hall–Kier alpha value is -0.750. The molecule has 0 amide bonds. The standard InChI is InChI=1S/C14H20N2O2S2/c1-2-18-13(17)10-4-5-11-12(10)15-14(20-11)16-6-3-8-19-9-7-16/h10H,2-9H2,1H3. The Balaban J connectivity index is 1.77. The molecule has 0 bridgehead atoms. The molecule has 2 aliphatic rings. The molecule has 1 aromatic rings. The van der Waals surface area contributed by atoms with Crippen LogP contribution in [0.25, 0.3) is 0 Å². The van der Waals surface area contributed by atoms with Crippen molar-refractivity contribution < 1.29 is 9.53 Å². The molecule has 1 aliphatic carbocycles. The van der Waals surface area contributed by atoms with Gasteiger partial charge in [0.25, 0.3) is 0 Å². The van der Waals surface area contributed by atoms with E-state index >= 15 is 0 Å². The molecule has 2 heterocycles. The highest BCUT2D eigenvalue weighted by molar-refractivity contribution is 7.99. The molecule has 1 unspecified atom stereocenters. The minimum absolute atomic E-state index is 0.102. The zero-order chi connectivity index (χ0) is 13.9. The lowest BCUT2D eigenvalue weighted by atomic mass is 10.1. The number of carbonyl (C=O) groups is 1. The van der Waals surface area contributed by atoms with Crippen molar-refractivity contribution in [1.82, 2.24) is 4.98 Å². The topological polar surface area (TPSA) is 42.4 Å². The summed E-state index contributed by atoms with van der Waals surface area (Å²) in [7, 11) is 0. The van der Waals surface area contributed by atoms with Crippen LogP contribution in [0.15, 0.2) is 0 Å². The van der Waals surface area contributed by atoms with Gasteiger partial charge >= 0.3 is 5.97 Å². The number of aryl methyl sites for hydroxylation is 1. The number of ether oxygens (including phenoxy) is 1. The van der Waals surface area contributed by atoms with E-state index in [0.717, 1.165) is 36.8 Å². The maximum atomic E-state index is 12.0. The highest BCUT2D eigenvalue weighted by Crippen LogP contribution is 2.40. The van der Waals surface area contributed by atoms with Crippen molar-refractivity contribution in [1.29, 1.82) is 0 Å². The molecule has 6 heteroatoms. The summed E-state index contributed by atoms with van der Waals surface area (Å²) in [6.45, 7) is 4.46. The fourth-order valence-electron chi connectivity index (χ4n) is 2.76. The van der Waals surface area contributed by atoms with Crippen LogP contribution in [0.1, 0.15) is 36.3 Å². The molecule has 1 atom stereocenters. The van der Waals surface area contributed by atoms with Gasteiger partial charge in [-0.15, -0.1) is 11.3 Å². The van der Waals surface area contributed by atoms with E-state index in [1.54, 1.807) is 11.3 Å². The third-order valence-corrected chi connectivity index (χ3v) is 6.01. The zero-order valence-corrected chi connectivity index (χ0v) is 13.4. The van der Waals surface area contributed by atoms with E-state index in [4.69, 9.17) is 9.72 Å². The monoisotopic (exact) mass is 312 g/mol. The van der Waals surface area contributed by atoms with Gasteiger partial charge in [0.15, 0.2) is 5.13 Å². The summed E-state index contributed by atoms with van der Waals surface area (Å²) in [4.78, 5) is 20.4. The predicted molar refractivity (Wildman–Crippen MR) is 84.0 cm³/mol. The van der Waals surface area contributed by atoms with Crippen LogP contribution in [0, 0.1) is 0 Å². The Kier molecular flexibility index (Phi) is 4.51. The van der Waals surface area contributed by atoms with E-state index in [1.165, 1.54) is 22.8 Å². The van der Waals surface area contributed by atoms with Crippen molar-refractivity contribution >= 4 is 34.2 Å². The van der Waals surface area contributed by atoms with Gasteiger partial charge in [0.1, 0.15) is 5.92 Å². The van der Waals surface area contributed by atoms with Gasteiger partial charge < -0.3 is 9.64 Å². The number of nitrogens with zero attached hydrogens (tertiary/aromatic N) is 2. The number of aromatic nitrogens is 1. The number of rotatable bonds is 3. The second kappa shape index (κ2) is 6.35. The molecule has 1 aliphatic heterocycles. The first-order valence-corrected chi connectivity index (χ1v) is 9.25. The van der Waals surface area contributed by atoms with Crippen LogP contribution in [0.3, 0.4) is 0 Å². The van der Waals surface area contributed by atoms with E-state index in [2.05, 4.69) is 4.90 Å². The first-order valence-electron chi connectivity index (χ1n) is 7.28. The van der Waals surface area contributed by atoms with Crippen LogP contribution in [0.4, 0.5) is 5.13 Å². The van der Waals surface area contributed by atoms with Crippen LogP contribution in [-0.4, -0.2) is 42.2 Å². The summed E-state index contributed by atoms with van der Waals surface area (Å²) in [5.41, 5.74) is 0.986. The van der Waals surface area contributed by atoms with Gasteiger partial charge in [-0.2, -0.15) is 11.8 Å².